The van der Waals surface area contributed by atoms with Gasteiger partial charge in [0.2, 0.25) is 0 Å². The predicted molar refractivity (Wildman–Crippen MR) is 76.9 cm³/mol. The molecule has 0 spiro atoms. The van der Waals surface area contributed by atoms with Crippen LogP contribution in [0.2, 0.25) is 0 Å². The minimum absolute atomic E-state index is 0.108. The smallest absolute Gasteiger partial charge is 0.125 e. The first-order valence-corrected chi connectivity index (χ1v) is 7.48. The third kappa shape index (κ3) is 2.62. The summed E-state index contributed by atoms with van der Waals surface area (Å²) < 4.78 is 13.8. The number of rotatable bonds is 3. The van der Waals surface area contributed by atoms with Crippen molar-refractivity contribution in [2.24, 2.45) is 5.92 Å². The lowest BCUT2D eigenvalue weighted by Gasteiger charge is -2.39. The molecule has 19 heavy (non-hydrogen) atoms. The molecule has 0 bridgehead atoms. The first-order valence-electron chi connectivity index (χ1n) is 7.48. The van der Waals surface area contributed by atoms with Gasteiger partial charge < -0.3 is 10.2 Å². The van der Waals surface area contributed by atoms with E-state index in [0.717, 1.165) is 30.3 Å². The van der Waals surface area contributed by atoms with Crippen LogP contribution in [0.25, 0.3) is 0 Å². The largest absolute Gasteiger partial charge is 0.368 e. The van der Waals surface area contributed by atoms with Crippen LogP contribution in [-0.4, -0.2) is 19.6 Å². The van der Waals surface area contributed by atoms with Crippen LogP contribution in [0, 0.1) is 11.7 Å². The van der Waals surface area contributed by atoms with Crippen LogP contribution in [0.3, 0.4) is 0 Å². The van der Waals surface area contributed by atoms with Gasteiger partial charge in [-0.3, -0.25) is 0 Å². The zero-order valence-corrected chi connectivity index (χ0v) is 11.7. The molecule has 3 rings (SSSR count). The molecular weight excluding hydrogens is 239 g/mol. The van der Waals surface area contributed by atoms with Crippen LogP contribution < -0.4 is 10.2 Å². The van der Waals surface area contributed by atoms with Gasteiger partial charge in [-0.1, -0.05) is 6.42 Å². The van der Waals surface area contributed by atoms with Gasteiger partial charge in [0.15, 0.2) is 0 Å². The summed E-state index contributed by atoms with van der Waals surface area (Å²) >= 11 is 0. The summed E-state index contributed by atoms with van der Waals surface area (Å²) in [6.45, 7) is 1.82. The van der Waals surface area contributed by atoms with Crippen LogP contribution in [0.1, 0.15) is 37.7 Å². The van der Waals surface area contributed by atoms with Gasteiger partial charge >= 0.3 is 0 Å². The molecule has 2 fully saturated rings. The lowest BCUT2D eigenvalue weighted by molar-refractivity contribution is 0.362. The van der Waals surface area contributed by atoms with E-state index in [1.54, 1.807) is 12.1 Å². The van der Waals surface area contributed by atoms with E-state index in [0.29, 0.717) is 6.04 Å². The SMILES string of the molecule is CNCc1cc(F)cc(N2CCCC3CCCC32)c1. The van der Waals surface area contributed by atoms with Crippen LogP contribution in [0.15, 0.2) is 18.2 Å². The molecule has 1 aliphatic heterocycles. The number of piperidine rings is 1. The number of hydrogen-bond donors (Lipinski definition) is 1. The molecule has 2 aliphatic rings. The van der Waals surface area contributed by atoms with E-state index in [2.05, 4.69) is 16.3 Å². The highest BCUT2D eigenvalue weighted by Gasteiger charge is 2.35. The molecule has 104 valence electrons. The molecule has 1 aliphatic carbocycles. The van der Waals surface area contributed by atoms with Gasteiger partial charge in [-0.25, -0.2) is 4.39 Å². The molecule has 0 amide bonds. The summed E-state index contributed by atoms with van der Waals surface area (Å²) in [7, 11) is 1.90. The third-order valence-electron chi connectivity index (χ3n) is 4.65. The van der Waals surface area contributed by atoms with Crippen molar-refractivity contribution < 1.29 is 4.39 Å². The Balaban J connectivity index is 1.87. The number of anilines is 1. The first-order chi connectivity index (χ1) is 9.28. The molecule has 0 radical (unpaired) electrons. The second-order valence-electron chi connectivity index (χ2n) is 5.94. The molecule has 1 heterocycles. The lowest BCUT2D eigenvalue weighted by Crippen LogP contribution is -2.42. The van der Waals surface area contributed by atoms with E-state index in [-0.39, 0.29) is 5.82 Å². The molecule has 2 unspecified atom stereocenters. The van der Waals surface area contributed by atoms with Gasteiger partial charge in [-0.2, -0.15) is 0 Å². The van der Waals surface area contributed by atoms with E-state index in [1.165, 1.54) is 32.1 Å². The quantitative estimate of drug-likeness (QED) is 0.899. The maximum absolute atomic E-state index is 13.8. The van der Waals surface area contributed by atoms with Crippen molar-refractivity contribution in [3.63, 3.8) is 0 Å². The average Bonchev–Trinajstić information content (AvgIpc) is 2.86. The monoisotopic (exact) mass is 262 g/mol. The molecule has 1 aromatic rings. The van der Waals surface area contributed by atoms with Crippen molar-refractivity contribution in [1.82, 2.24) is 5.32 Å². The fraction of sp³-hybridized carbons (Fsp3) is 0.625. The topological polar surface area (TPSA) is 15.3 Å². The number of fused-ring (bicyclic) bond motifs is 1. The van der Waals surface area contributed by atoms with Crippen molar-refractivity contribution in [2.45, 2.75) is 44.7 Å². The number of nitrogens with one attached hydrogen (secondary N) is 1. The zero-order chi connectivity index (χ0) is 13.2. The summed E-state index contributed by atoms with van der Waals surface area (Å²) in [5.41, 5.74) is 2.12. The van der Waals surface area contributed by atoms with E-state index >= 15 is 0 Å². The Morgan fingerprint density at radius 2 is 2.05 bits per heavy atom. The van der Waals surface area contributed by atoms with Crippen LogP contribution in [-0.2, 0) is 6.54 Å². The molecule has 0 aromatic heterocycles. The second-order valence-corrected chi connectivity index (χ2v) is 5.94. The van der Waals surface area contributed by atoms with Crippen molar-refractivity contribution in [3.05, 3.63) is 29.6 Å². The number of hydrogen-bond acceptors (Lipinski definition) is 2. The third-order valence-corrected chi connectivity index (χ3v) is 4.65. The van der Waals surface area contributed by atoms with E-state index in [1.807, 2.05) is 7.05 Å². The Labute approximate surface area is 115 Å². The van der Waals surface area contributed by atoms with Gasteiger partial charge in [0.05, 0.1) is 0 Å². The lowest BCUT2D eigenvalue weighted by atomic mass is 9.91. The summed E-state index contributed by atoms with van der Waals surface area (Å²) in [5.74, 6) is 0.729. The van der Waals surface area contributed by atoms with Crippen LogP contribution in [0.4, 0.5) is 10.1 Å². The zero-order valence-electron chi connectivity index (χ0n) is 11.7. The van der Waals surface area contributed by atoms with Gasteiger partial charge in [0.1, 0.15) is 5.82 Å². The maximum atomic E-state index is 13.8. The second kappa shape index (κ2) is 5.49. The van der Waals surface area contributed by atoms with E-state index in [4.69, 9.17) is 0 Å². The summed E-state index contributed by atoms with van der Waals surface area (Å²) in [6.07, 6.45) is 6.59. The molecular formula is C16H23FN2. The van der Waals surface area contributed by atoms with Crippen molar-refractivity contribution in [3.8, 4) is 0 Å². The average molecular weight is 262 g/mol. The molecule has 1 saturated heterocycles. The number of halogens is 1. The minimum Gasteiger partial charge on any atom is -0.368 e. The van der Waals surface area contributed by atoms with Crippen molar-refractivity contribution in [2.75, 3.05) is 18.5 Å². The molecule has 2 nitrogen and oxygen atoms in total. The predicted octanol–water partition coefficient (Wildman–Crippen LogP) is 3.31. The Morgan fingerprint density at radius 1 is 1.21 bits per heavy atom. The van der Waals surface area contributed by atoms with Gasteiger partial charge in [0.25, 0.3) is 0 Å². The standard InChI is InChI=1S/C16H23FN2/c1-18-11-12-8-14(17)10-15(9-12)19-7-3-5-13-4-2-6-16(13)19/h8-10,13,16,18H,2-7,11H2,1H3. The fourth-order valence-corrected chi connectivity index (χ4v) is 3.88. The highest BCUT2D eigenvalue weighted by atomic mass is 19.1. The summed E-state index contributed by atoms with van der Waals surface area (Å²) in [6, 6.07) is 6.15. The molecule has 3 heteroatoms. The Hall–Kier alpha value is -1.09. The normalized spacial score (nSPS) is 26.5. The number of nitrogens with zero attached hydrogens (tertiary/aromatic N) is 1. The molecule has 1 saturated carbocycles. The van der Waals surface area contributed by atoms with Crippen LogP contribution >= 0.6 is 0 Å². The maximum Gasteiger partial charge on any atom is 0.125 e. The Morgan fingerprint density at radius 3 is 2.89 bits per heavy atom. The fourth-order valence-electron chi connectivity index (χ4n) is 3.88. The van der Waals surface area contributed by atoms with Gasteiger partial charge in [-0.05, 0) is 62.4 Å². The summed E-state index contributed by atoms with van der Waals surface area (Å²) in [4.78, 5) is 2.46. The minimum atomic E-state index is -0.108. The summed E-state index contributed by atoms with van der Waals surface area (Å²) in [5, 5.41) is 3.10. The van der Waals surface area contributed by atoms with E-state index < -0.39 is 0 Å². The molecule has 1 aromatic carbocycles. The Kier molecular flexibility index (Phi) is 3.74. The number of benzene rings is 1. The van der Waals surface area contributed by atoms with Gasteiger partial charge in [0, 0.05) is 24.8 Å². The molecule has 2 atom stereocenters. The van der Waals surface area contributed by atoms with Crippen molar-refractivity contribution >= 4 is 5.69 Å². The van der Waals surface area contributed by atoms with Crippen LogP contribution in [0.5, 0.6) is 0 Å². The Bertz CT molecular complexity index is 446. The van der Waals surface area contributed by atoms with Crippen molar-refractivity contribution in [1.29, 1.82) is 0 Å². The highest BCUT2D eigenvalue weighted by molar-refractivity contribution is 5.51. The molecule has 1 N–H and O–H groups in total. The highest BCUT2D eigenvalue weighted by Crippen LogP contribution is 2.39. The van der Waals surface area contributed by atoms with Gasteiger partial charge in [-0.15, -0.1) is 0 Å². The van der Waals surface area contributed by atoms with E-state index in [9.17, 15) is 4.39 Å². The first kappa shape index (κ1) is 12.9.